The first-order chi connectivity index (χ1) is 14.4. The molecule has 0 atom stereocenters. The molecule has 1 amide bonds. The van der Waals surface area contributed by atoms with Crippen LogP contribution in [0.4, 0.5) is 11.4 Å². The lowest BCUT2D eigenvalue weighted by molar-refractivity contribution is 0.102. The maximum absolute atomic E-state index is 13.1. The van der Waals surface area contributed by atoms with Crippen molar-refractivity contribution < 1.29 is 22.7 Å². The van der Waals surface area contributed by atoms with Crippen LogP contribution < -0.4 is 19.1 Å². The van der Waals surface area contributed by atoms with Gasteiger partial charge in [0, 0.05) is 12.7 Å². The number of amides is 1. The number of hydrogen-bond donors (Lipinski definition) is 1. The van der Waals surface area contributed by atoms with Gasteiger partial charge in [-0.05, 0) is 60.7 Å². The van der Waals surface area contributed by atoms with Gasteiger partial charge in [0.25, 0.3) is 15.9 Å². The van der Waals surface area contributed by atoms with E-state index in [9.17, 15) is 13.2 Å². The third kappa shape index (κ3) is 4.38. The highest BCUT2D eigenvalue weighted by molar-refractivity contribution is 7.92. The van der Waals surface area contributed by atoms with Gasteiger partial charge in [-0.15, -0.1) is 0 Å². The van der Waals surface area contributed by atoms with Gasteiger partial charge in [-0.25, -0.2) is 8.42 Å². The number of hydrogen-bond acceptors (Lipinski definition) is 5. The molecule has 0 fully saturated rings. The molecule has 0 saturated heterocycles. The summed E-state index contributed by atoms with van der Waals surface area (Å²) in [6.45, 7) is 0. The molecular weight excluding hydrogens is 404 g/mol. The van der Waals surface area contributed by atoms with E-state index in [1.54, 1.807) is 67.8 Å². The molecule has 0 saturated carbocycles. The molecule has 3 aromatic carbocycles. The molecule has 1 N–H and O–H groups in total. The van der Waals surface area contributed by atoms with Crippen molar-refractivity contribution in [3.8, 4) is 11.5 Å². The molecule has 0 bridgehead atoms. The number of sulfonamides is 1. The number of nitrogens with zero attached hydrogens (tertiary/aromatic N) is 1. The molecule has 7 nitrogen and oxygen atoms in total. The molecule has 3 rings (SSSR count). The van der Waals surface area contributed by atoms with Crippen LogP contribution >= 0.6 is 0 Å². The van der Waals surface area contributed by atoms with Crippen LogP contribution in [0.15, 0.2) is 77.7 Å². The summed E-state index contributed by atoms with van der Waals surface area (Å²) in [7, 11) is 0.608. The highest BCUT2D eigenvalue weighted by Gasteiger charge is 2.25. The summed E-state index contributed by atoms with van der Waals surface area (Å²) >= 11 is 0. The molecule has 0 aliphatic carbocycles. The van der Waals surface area contributed by atoms with E-state index < -0.39 is 15.9 Å². The van der Waals surface area contributed by atoms with E-state index in [-0.39, 0.29) is 16.1 Å². The number of rotatable bonds is 7. The van der Waals surface area contributed by atoms with Crippen LogP contribution in [0.25, 0.3) is 0 Å². The largest absolute Gasteiger partial charge is 0.497 e. The van der Waals surface area contributed by atoms with Crippen molar-refractivity contribution in [2.75, 3.05) is 30.9 Å². The van der Waals surface area contributed by atoms with E-state index in [4.69, 9.17) is 9.47 Å². The highest BCUT2D eigenvalue weighted by Crippen LogP contribution is 2.27. The van der Waals surface area contributed by atoms with Crippen LogP contribution in [0, 0.1) is 0 Å². The number of benzene rings is 3. The van der Waals surface area contributed by atoms with Crippen molar-refractivity contribution in [2.24, 2.45) is 0 Å². The molecule has 156 valence electrons. The maximum atomic E-state index is 13.1. The number of nitrogens with one attached hydrogen (secondary N) is 1. The number of carbonyl (C=O) groups excluding carboxylic acids is 1. The van der Waals surface area contributed by atoms with Crippen LogP contribution in [-0.4, -0.2) is 35.6 Å². The Bertz CT molecular complexity index is 1130. The fourth-order valence-electron chi connectivity index (χ4n) is 2.85. The van der Waals surface area contributed by atoms with E-state index in [0.29, 0.717) is 17.2 Å². The Labute approximate surface area is 175 Å². The van der Waals surface area contributed by atoms with Gasteiger partial charge >= 0.3 is 0 Å². The molecule has 0 heterocycles. The fraction of sp³-hybridized carbons (Fsp3) is 0.136. The normalized spacial score (nSPS) is 10.9. The Kier molecular flexibility index (Phi) is 6.27. The first-order valence-corrected chi connectivity index (χ1v) is 10.5. The second-order valence-electron chi connectivity index (χ2n) is 6.35. The Morgan fingerprint density at radius 2 is 1.37 bits per heavy atom. The predicted molar refractivity (Wildman–Crippen MR) is 116 cm³/mol. The number of para-hydroxylation sites is 1. The summed E-state index contributed by atoms with van der Waals surface area (Å²) in [5.41, 5.74) is 1.06. The monoisotopic (exact) mass is 426 g/mol. The molecule has 30 heavy (non-hydrogen) atoms. The second-order valence-corrected chi connectivity index (χ2v) is 8.32. The lowest BCUT2D eigenvalue weighted by Crippen LogP contribution is -2.29. The van der Waals surface area contributed by atoms with E-state index in [1.165, 1.54) is 26.3 Å². The quantitative estimate of drug-likeness (QED) is 0.621. The van der Waals surface area contributed by atoms with Crippen LogP contribution in [0.2, 0.25) is 0 Å². The third-order valence-electron chi connectivity index (χ3n) is 4.55. The highest BCUT2D eigenvalue weighted by atomic mass is 32.2. The van der Waals surface area contributed by atoms with Gasteiger partial charge in [-0.3, -0.25) is 9.10 Å². The summed E-state index contributed by atoms with van der Waals surface area (Å²) in [5, 5.41) is 2.78. The van der Waals surface area contributed by atoms with Crippen molar-refractivity contribution in [1.82, 2.24) is 0 Å². The topological polar surface area (TPSA) is 84.9 Å². The summed E-state index contributed by atoms with van der Waals surface area (Å²) in [6.07, 6.45) is 0. The number of carbonyl (C=O) groups is 1. The summed E-state index contributed by atoms with van der Waals surface area (Å²) < 4.78 is 37.4. The molecule has 3 aromatic rings. The minimum atomic E-state index is -3.87. The first-order valence-electron chi connectivity index (χ1n) is 9.04. The average Bonchev–Trinajstić information content (AvgIpc) is 2.79. The van der Waals surface area contributed by atoms with Crippen molar-refractivity contribution in [2.45, 2.75) is 4.90 Å². The molecule has 0 spiro atoms. The maximum Gasteiger partial charge on any atom is 0.264 e. The zero-order chi connectivity index (χ0) is 21.7. The van der Waals surface area contributed by atoms with E-state index in [2.05, 4.69) is 5.32 Å². The third-order valence-corrected chi connectivity index (χ3v) is 6.34. The standard InChI is InChI=1S/C22H22N2O5S/c1-24(30(26,27)19-14-12-18(29-3)13-15-19)21-7-5-4-6-20(21)22(25)23-16-8-10-17(28-2)11-9-16/h4-15H,1-3H3,(H,23,25). The van der Waals surface area contributed by atoms with Crippen LogP contribution in [0.3, 0.4) is 0 Å². The summed E-state index contributed by atoms with van der Waals surface area (Å²) in [5.74, 6) is 0.794. The predicted octanol–water partition coefficient (Wildman–Crippen LogP) is 3.78. The van der Waals surface area contributed by atoms with Crippen molar-refractivity contribution >= 4 is 27.3 Å². The Hall–Kier alpha value is -3.52. The van der Waals surface area contributed by atoms with Gasteiger partial charge in [-0.2, -0.15) is 0 Å². The van der Waals surface area contributed by atoms with E-state index in [1.807, 2.05) is 0 Å². The Morgan fingerprint density at radius 1 is 0.833 bits per heavy atom. The number of ether oxygens (including phenoxy) is 2. The molecule has 8 heteroatoms. The van der Waals surface area contributed by atoms with Gasteiger partial charge < -0.3 is 14.8 Å². The van der Waals surface area contributed by atoms with Crippen LogP contribution in [0.5, 0.6) is 11.5 Å². The van der Waals surface area contributed by atoms with Crippen molar-refractivity contribution in [3.05, 3.63) is 78.4 Å². The molecule has 0 radical (unpaired) electrons. The smallest absolute Gasteiger partial charge is 0.264 e. The first kappa shape index (κ1) is 21.2. The summed E-state index contributed by atoms with van der Waals surface area (Å²) in [6, 6.07) is 19.5. The molecular formula is C22H22N2O5S. The minimum absolute atomic E-state index is 0.0937. The molecule has 0 aromatic heterocycles. The number of anilines is 2. The van der Waals surface area contributed by atoms with E-state index in [0.717, 1.165) is 4.31 Å². The second kappa shape index (κ2) is 8.87. The van der Waals surface area contributed by atoms with Gasteiger partial charge in [0.05, 0.1) is 30.4 Å². The zero-order valence-electron chi connectivity index (χ0n) is 16.8. The van der Waals surface area contributed by atoms with Crippen molar-refractivity contribution in [1.29, 1.82) is 0 Å². The minimum Gasteiger partial charge on any atom is -0.497 e. The average molecular weight is 426 g/mol. The Balaban J connectivity index is 1.89. The summed E-state index contributed by atoms with van der Waals surface area (Å²) in [4.78, 5) is 13.0. The lowest BCUT2D eigenvalue weighted by atomic mass is 10.1. The van der Waals surface area contributed by atoms with Crippen molar-refractivity contribution in [3.63, 3.8) is 0 Å². The van der Waals surface area contributed by atoms with Gasteiger partial charge in [-0.1, -0.05) is 12.1 Å². The van der Waals surface area contributed by atoms with Crippen LogP contribution in [-0.2, 0) is 10.0 Å². The lowest BCUT2D eigenvalue weighted by Gasteiger charge is -2.22. The fourth-order valence-corrected chi connectivity index (χ4v) is 4.06. The van der Waals surface area contributed by atoms with Crippen LogP contribution in [0.1, 0.15) is 10.4 Å². The molecule has 0 aliphatic rings. The van der Waals surface area contributed by atoms with Gasteiger partial charge in [0.2, 0.25) is 0 Å². The Morgan fingerprint density at radius 3 is 1.93 bits per heavy atom. The van der Waals surface area contributed by atoms with Gasteiger partial charge in [0.1, 0.15) is 11.5 Å². The number of methoxy groups -OCH3 is 2. The molecule has 0 aliphatic heterocycles. The SMILES string of the molecule is COc1ccc(NC(=O)c2ccccc2N(C)S(=O)(=O)c2ccc(OC)cc2)cc1. The zero-order valence-corrected chi connectivity index (χ0v) is 17.6. The molecule has 0 unspecified atom stereocenters. The van der Waals surface area contributed by atoms with Gasteiger partial charge in [0.15, 0.2) is 0 Å². The van der Waals surface area contributed by atoms with E-state index >= 15 is 0 Å².